The Labute approximate surface area is 191 Å². The van der Waals surface area contributed by atoms with Crippen LogP contribution < -0.4 is 5.32 Å². The highest BCUT2D eigenvalue weighted by Crippen LogP contribution is 2.32. The summed E-state index contributed by atoms with van der Waals surface area (Å²) in [5, 5.41) is 6.37. The van der Waals surface area contributed by atoms with E-state index >= 15 is 0 Å². The Morgan fingerprint density at radius 3 is 2.31 bits per heavy atom. The molecule has 1 N–H and O–H groups in total. The lowest BCUT2D eigenvalue weighted by atomic mass is 10.1. The number of anilines is 2. The van der Waals surface area contributed by atoms with E-state index in [2.05, 4.69) is 55.2 Å². The molecule has 5 nitrogen and oxygen atoms in total. The molecule has 5 rings (SSSR count). The standard InChI is InChI=1S/C26H22ClN5/c1-16-8-11-22(14-23(16)27)32-24(21-10-9-19-6-4-5-7-20(19)13-21)15-28-26(32)31-25-29-17(2)12-18(3)30-25/h4-15H,1-3H3,(H,28,29,30,31). The number of nitrogens with one attached hydrogen (secondary N) is 1. The Hall–Kier alpha value is -3.70. The third-order valence-electron chi connectivity index (χ3n) is 5.43. The summed E-state index contributed by atoms with van der Waals surface area (Å²) in [6, 6.07) is 22.7. The minimum Gasteiger partial charge on any atom is -0.294 e. The Bertz CT molecular complexity index is 1430. The van der Waals surface area contributed by atoms with Crippen LogP contribution in [-0.2, 0) is 0 Å². The average Bonchev–Trinajstić information content (AvgIpc) is 3.18. The van der Waals surface area contributed by atoms with Gasteiger partial charge >= 0.3 is 0 Å². The monoisotopic (exact) mass is 439 g/mol. The average molecular weight is 440 g/mol. The van der Waals surface area contributed by atoms with E-state index in [1.165, 1.54) is 10.8 Å². The molecule has 0 aliphatic rings. The fourth-order valence-electron chi connectivity index (χ4n) is 3.86. The third kappa shape index (κ3) is 3.83. The summed E-state index contributed by atoms with van der Waals surface area (Å²) in [6.07, 6.45) is 1.86. The molecule has 0 radical (unpaired) electrons. The predicted molar refractivity (Wildman–Crippen MR) is 131 cm³/mol. The van der Waals surface area contributed by atoms with E-state index in [4.69, 9.17) is 11.6 Å². The van der Waals surface area contributed by atoms with Crippen LogP contribution in [0.4, 0.5) is 11.9 Å². The van der Waals surface area contributed by atoms with Gasteiger partial charge in [0.05, 0.1) is 17.6 Å². The molecule has 2 heterocycles. The molecule has 6 heteroatoms. The van der Waals surface area contributed by atoms with Gasteiger partial charge in [-0.1, -0.05) is 54.1 Å². The van der Waals surface area contributed by atoms with Crippen LogP contribution in [0.25, 0.3) is 27.7 Å². The lowest BCUT2D eigenvalue weighted by molar-refractivity contribution is 1.02. The lowest BCUT2D eigenvalue weighted by Gasteiger charge is -2.14. The fourth-order valence-corrected chi connectivity index (χ4v) is 4.03. The quantitative estimate of drug-likeness (QED) is 0.334. The Morgan fingerprint density at radius 2 is 1.56 bits per heavy atom. The second kappa shape index (κ2) is 8.09. The van der Waals surface area contributed by atoms with Gasteiger partial charge in [-0.05, 0) is 61.4 Å². The number of fused-ring (bicyclic) bond motifs is 1. The number of halogens is 1. The van der Waals surface area contributed by atoms with E-state index < -0.39 is 0 Å². The van der Waals surface area contributed by atoms with Gasteiger partial charge in [0.2, 0.25) is 11.9 Å². The van der Waals surface area contributed by atoms with Gasteiger partial charge in [0.25, 0.3) is 0 Å². The Balaban J connectivity index is 1.68. The number of hydrogen-bond donors (Lipinski definition) is 1. The summed E-state index contributed by atoms with van der Waals surface area (Å²) in [5.41, 5.74) is 5.73. The fraction of sp³-hybridized carbons (Fsp3) is 0.115. The zero-order valence-electron chi connectivity index (χ0n) is 18.1. The van der Waals surface area contributed by atoms with Gasteiger partial charge in [-0.25, -0.2) is 15.0 Å². The zero-order valence-corrected chi connectivity index (χ0v) is 18.9. The minimum absolute atomic E-state index is 0.512. The second-order valence-electron chi connectivity index (χ2n) is 7.90. The molecule has 0 unspecified atom stereocenters. The van der Waals surface area contributed by atoms with Crippen LogP contribution in [0.2, 0.25) is 5.02 Å². The molecular weight excluding hydrogens is 418 g/mol. The van der Waals surface area contributed by atoms with E-state index in [1.54, 1.807) is 0 Å². The van der Waals surface area contributed by atoms with Crippen molar-refractivity contribution in [2.75, 3.05) is 5.32 Å². The van der Waals surface area contributed by atoms with Crippen LogP contribution in [0.15, 0.2) is 72.9 Å². The van der Waals surface area contributed by atoms with Gasteiger partial charge in [0.1, 0.15) is 0 Å². The van der Waals surface area contributed by atoms with Crippen molar-refractivity contribution in [3.8, 4) is 16.9 Å². The summed E-state index contributed by atoms with van der Waals surface area (Å²) < 4.78 is 2.05. The molecule has 3 aromatic carbocycles. The molecule has 2 aromatic heterocycles. The molecule has 5 aromatic rings. The van der Waals surface area contributed by atoms with Crippen LogP contribution in [0.3, 0.4) is 0 Å². The topological polar surface area (TPSA) is 55.6 Å². The van der Waals surface area contributed by atoms with Gasteiger partial charge in [0.15, 0.2) is 0 Å². The first-order chi connectivity index (χ1) is 15.5. The van der Waals surface area contributed by atoms with E-state index in [1.807, 2.05) is 63.4 Å². The largest absolute Gasteiger partial charge is 0.294 e. The van der Waals surface area contributed by atoms with Crippen molar-refractivity contribution in [1.82, 2.24) is 19.5 Å². The van der Waals surface area contributed by atoms with Crippen LogP contribution >= 0.6 is 11.6 Å². The summed E-state index contributed by atoms with van der Waals surface area (Å²) in [6.45, 7) is 5.89. The van der Waals surface area contributed by atoms with Crippen LogP contribution in [0.5, 0.6) is 0 Å². The molecule has 0 atom stereocenters. The smallest absolute Gasteiger partial charge is 0.229 e. The minimum atomic E-state index is 0.512. The van der Waals surface area contributed by atoms with Gasteiger partial charge in [-0.3, -0.25) is 9.88 Å². The van der Waals surface area contributed by atoms with Crippen LogP contribution in [-0.4, -0.2) is 19.5 Å². The highest BCUT2D eigenvalue weighted by Gasteiger charge is 2.16. The number of rotatable bonds is 4. The van der Waals surface area contributed by atoms with E-state index in [9.17, 15) is 0 Å². The number of aromatic nitrogens is 4. The van der Waals surface area contributed by atoms with Crippen LogP contribution in [0, 0.1) is 20.8 Å². The van der Waals surface area contributed by atoms with Crippen molar-refractivity contribution in [3.05, 3.63) is 94.9 Å². The zero-order chi connectivity index (χ0) is 22.2. The summed E-state index contributed by atoms with van der Waals surface area (Å²) in [4.78, 5) is 13.7. The molecule has 0 spiro atoms. The number of benzene rings is 3. The molecule has 0 bridgehead atoms. The van der Waals surface area contributed by atoms with Crippen molar-refractivity contribution < 1.29 is 0 Å². The SMILES string of the molecule is Cc1cc(C)nc(Nc2ncc(-c3ccc4ccccc4c3)n2-c2ccc(C)c(Cl)c2)n1. The molecule has 0 amide bonds. The maximum absolute atomic E-state index is 6.48. The molecule has 0 aliphatic heterocycles. The first-order valence-corrected chi connectivity index (χ1v) is 10.8. The summed E-state index contributed by atoms with van der Waals surface area (Å²) in [7, 11) is 0. The molecule has 158 valence electrons. The summed E-state index contributed by atoms with van der Waals surface area (Å²) >= 11 is 6.48. The Kier molecular flexibility index (Phi) is 5.11. The molecule has 0 aliphatic carbocycles. The van der Waals surface area contributed by atoms with Gasteiger partial charge in [0, 0.05) is 22.0 Å². The van der Waals surface area contributed by atoms with Crippen molar-refractivity contribution in [2.24, 2.45) is 0 Å². The van der Waals surface area contributed by atoms with E-state index in [-0.39, 0.29) is 0 Å². The number of imidazole rings is 1. The third-order valence-corrected chi connectivity index (χ3v) is 5.83. The second-order valence-corrected chi connectivity index (χ2v) is 8.30. The molecule has 0 saturated heterocycles. The van der Waals surface area contributed by atoms with Gasteiger partial charge in [-0.2, -0.15) is 0 Å². The predicted octanol–water partition coefficient (Wildman–Crippen LogP) is 6.80. The van der Waals surface area contributed by atoms with E-state index in [0.717, 1.165) is 33.9 Å². The molecule has 0 fully saturated rings. The van der Waals surface area contributed by atoms with Crippen molar-refractivity contribution >= 4 is 34.3 Å². The van der Waals surface area contributed by atoms with Gasteiger partial charge < -0.3 is 0 Å². The highest BCUT2D eigenvalue weighted by molar-refractivity contribution is 6.31. The number of nitrogens with zero attached hydrogens (tertiary/aromatic N) is 4. The first-order valence-electron chi connectivity index (χ1n) is 10.4. The van der Waals surface area contributed by atoms with Crippen molar-refractivity contribution in [2.45, 2.75) is 20.8 Å². The van der Waals surface area contributed by atoms with Crippen molar-refractivity contribution in [1.29, 1.82) is 0 Å². The lowest BCUT2D eigenvalue weighted by Crippen LogP contribution is -2.07. The summed E-state index contributed by atoms with van der Waals surface area (Å²) in [5.74, 6) is 1.13. The van der Waals surface area contributed by atoms with Crippen LogP contribution in [0.1, 0.15) is 17.0 Å². The number of hydrogen-bond acceptors (Lipinski definition) is 4. The molecule has 32 heavy (non-hydrogen) atoms. The maximum atomic E-state index is 6.48. The first kappa shape index (κ1) is 20.2. The highest BCUT2D eigenvalue weighted by atomic mass is 35.5. The Morgan fingerprint density at radius 1 is 0.812 bits per heavy atom. The number of aryl methyl sites for hydroxylation is 3. The molecule has 0 saturated carbocycles. The molecular formula is C26H22ClN5. The van der Waals surface area contributed by atoms with Gasteiger partial charge in [-0.15, -0.1) is 0 Å². The maximum Gasteiger partial charge on any atom is 0.229 e. The van der Waals surface area contributed by atoms with E-state index in [0.29, 0.717) is 16.9 Å². The van der Waals surface area contributed by atoms with Crippen molar-refractivity contribution in [3.63, 3.8) is 0 Å². The normalized spacial score (nSPS) is 11.1.